The zero-order valence-corrected chi connectivity index (χ0v) is 11.4. The van der Waals surface area contributed by atoms with E-state index < -0.39 is 0 Å². The standard InChI is InChI=1S/C12H18N2S2/c1-9-5-3-6-10(12(13)15)11(9)14-7-4-8-16-2/h3,5-6,14H,4,7-8H2,1-2H3,(H2,13,15). The Morgan fingerprint density at radius 3 is 2.88 bits per heavy atom. The van der Waals surface area contributed by atoms with Gasteiger partial charge in [0.2, 0.25) is 0 Å². The van der Waals surface area contributed by atoms with E-state index in [1.165, 1.54) is 11.3 Å². The highest BCUT2D eigenvalue weighted by molar-refractivity contribution is 7.98. The number of nitrogens with one attached hydrogen (secondary N) is 1. The summed E-state index contributed by atoms with van der Waals surface area (Å²) in [6.07, 6.45) is 3.26. The third-order valence-electron chi connectivity index (χ3n) is 2.37. The first-order valence-corrected chi connectivity index (χ1v) is 7.09. The van der Waals surface area contributed by atoms with E-state index in [-0.39, 0.29) is 0 Å². The van der Waals surface area contributed by atoms with Crippen molar-refractivity contribution < 1.29 is 0 Å². The highest BCUT2D eigenvalue weighted by Crippen LogP contribution is 2.20. The van der Waals surface area contributed by atoms with Crippen LogP contribution in [-0.4, -0.2) is 23.5 Å². The highest BCUT2D eigenvalue weighted by atomic mass is 32.2. The average Bonchev–Trinajstić information content (AvgIpc) is 2.25. The molecule has 0 saturated heterocycles. The molecule has 0 saturated carbocycles. The Morgan fingerprint density at radius 1 is 1.50 bits per heavy atom. The minimum absolute atomic E-state index is 0.455. The number of thioether (sulfide) groups is 1. The number of hydrogen-bond acceptors (Lipinski definition) is 3. The molecule has 0 radical (unpaired) electrons. The van der Waals surface area contributed by atoms with Crippen LogP contribution in [0, 0.1) is 6.92 Å². The summed E-state index contributed by atoms with van der Waals surface area (Å²) >= 11 is 6.91. The molecule has 88 valence electrons. The second kappa shape index (κ2) is 6.76. The molecule has 0 aromatic heterocycles. The van der Waals surface area contributed by atoms with Crippen molar-refractivity contribution >= 4 is 34.7 Å². The van der Waals surface area contributed by atoms with Crippen molar-refractivity contribution in [2.45, 2.75) is 13.3 Å². The minimum atomic E-state index is 0.455. The molecule has 3 N–H and O–H groups in total. The largest absolute Gasteiger partial charge is 0.389 e. The van der Waals surface area contributed by atoms with Gasteiger partial charge in [0.05, 0.1) is 0 Å². The zero-order chi connectivity index (χ0) is 12.0. The van der Waals surface area contributed by atoms with Gasteiger partial charge in [-0.05, 0) is 37.0 Å². The molecule has 4 heteroatoms. The second-order valence-corrected chi connectivity index (χ2v) is 5.06. The first-order valence-electron chi connectivity index (χ1n) is 5.29. The molecular formula is C12H18N2S2. The van der Waals surface area contributed by atoms with E-state index in [1.54, 1.807) is 0 Å². The second-order valence-electron chi connectivity index (χ2n) is 3.63. The van der Waals surface area contributed by atoms with Crippen molar-refractivity contribution in [1.82, 2.24) is 0 Å². The summed E-state index contributed by atoms with van der Waals surface area (Å²) in [4.78, 5) is 0.455. The SMILES string of the molecule is CSCCCNc1c(C)cccc1C(N)=S. The summed E-state index contributed by atoms with van der Waals surface area (Å²) in [5.74, 6) is 1.17. The number of benzene rings is 1. The maximum atomic E-state index is 5.70. The lowest BCUT2D eigenvalue weighted by molar-refractivity contribution is 0.990. The molecule has 1 aromatic rings. The van der Waals surface area contributed by atoms with E-state index in [0.29, 0.717) is 4.99 Å². The fourth-order valence-corrected chi connectivity index (χ4v) is 2.14. The number of hydrogen-bond donors (Lipinski definition) is 2. The third kappa shape index (κ3) is 3.68. The lowest BCUT2D eigenvalue weighted by Crippen LogP contribution is -2.15. The molecule has 1 aromatic carbocycles. The summed E-state index contributed by atoms with van der Waals surface area (Å²) in [5.41, 5.74) is 8.91. The number of nitrogens with two attached hydrogens (primary N) is 1. The number of rotatable bonds is 6. The van der Waals surface area contributed by atoms with Gasteiger partial charge in [-0.1, -0.05) is 24.4 Å². The van der Waals surface area contributed by atoms with E-state index >= 15 is 0 Å². The Bertz CT molecular complexity index is 364. The molecule has 0 fully saturated rings. The smallest absolute Gasteiger partial charge is 0.106 e. The van der Waals surface area contributed by atoms with Crippen LogP contribution in [0.1, 0.15) is 17.5 Å². The van der Waals surface area contributed by atoms with Crippen molar-refractivity contribution in [2.75, 3.05) is 23.9 Å². The molecule has 2 nitrogen and oxygen atoms in total. The van der Waals surface area contributed by atoms with E-state index in [0.717, 1.165) is 24.2 Å². The Hall–Kier alpha value is -0.740. The first kappa shape index (κ1) is 13.3. The predicted molar refractivity (Wildman–Crippen MR) is 78.6 cm³/mol. The molecule has 0 spiro atoms. The Kier molecular flexibility index (Phi) is 5.63. The highest BCUT2D eigenvalue weighted by Gasteiger charge is 2.06. The minimum Gasteiger partial charge on any atom is -0.389 e. The summed E-state index contributed by atoms with van der Waals surface area (Å²) in [5, 5.41) is 3.42. The molecule has 0 atom stereocenters. The van der Waals surface area contributed by atoms with Gasteiger partial charge >= 0.3 is 0 Å². The van der Waals surface area contributed by atoms with Crippen LogP contribution in [0.15, 0.2) is 18.2 Å². The van der Waals surface area contributed by atoms with Crippen LogP contribution in [0.25, 0.3) is 0 Å². The van der Waals surface area contributed by atoms with Crippen molar-refractivity contribution in [3.63, 3.8) is 0 Å². The Labute approximate surface area is 107 Å². The van der Waals surface area contributed by atoms with Crippen LogP contribution in [-0.2, 0) is 0 Å². The molecule has 0 unspecified atom stereocenters. The predicted octanol–water partition coefficient (Wildman–Crippen LogP) is 2.79. The molecular weight excluding hydrogens is 236 g/mol. The van der Waals surface area contributed by atoms with Crippen LogP contribution in [0.3, 0.4) is 0 Å². The van der Waals surface area contributed by atoms with Crippen molar-refractivity contribution in [2.24, 2.45) is 5.73 Å². The van der Waals surface area contributed by atoms with Crippen LogP contribution in [0.5, 0.6) is 0 Å². The molecule has 1 rings (SSSR count). The first-order chi connectivity index (χ1) is 7.66. The summed E-state index contributed by atoms with van der Waals surface area (Å²) < 4.78 is 0. The topological polar surface area (TPSA) is 38.0 Å². The van der Waals surface area contributed by atoms with Gasteiger partial charge in [-0.2, -0.15) is 11.8 Å². The molecule has 0 heterocycles. The van der Waals surface area contributed by atoms with Crippen LogP contribution in [0.4, 0.5) is 5.69 Å². The molecule has 0 aliphatic carbocycles. The molecule has 16 heavy (non-hydrogen) atoms. The van der Waals surface area contributed by atoms with E-state index in [9.17, 15) is 0 Å². The maximum Gasteiger partial charge on any atom is 0.106 e. The lowest BCUT2D eigenvalue weighted by atomic mass is 10.1. The van der Waals surface area contributed by atoms with E-state index in [1.807, 2.05) is 23.9 Å². The van der Waals surface area contributed by atoms with Crippen LogP contribution >= 0.6 is 24.0 Å². The third-order valence-corrected chi connectivity index (χ3v) is 3.28. The van der Waals surface area contributed by atoms with Crippen molar-refractivity contribution in [3.05, 3.63) is 29.3 Å². The number of anilines is 1. The van der Waals surface area contributed by atoms with Crippen LogP contribution in [0.2, 0.25) is 0 Å². The van der Waals surface area contributed by atoms with Gasteiger partial charge in [-0.15, -0.1) is 0 Å². The van der Waals surface area contributed by atoms with Gasteiger partial charge in [0.15, 0.2) is 0 Å². The fraction of sp³-hybridized carbons (Fsp3) is 0.417. The molecule has 0 amide bonds. The monoisotopic (exact) mass is 254 g/mol. The van der Waals surface area contributed by atoms with Crippen LogP contribution < -0.4 is 11.1 Å². The van der Waals surface area contributed by atoms with E-state index in [4.69, 9.17) is 18.0 Å². The number of thiocarbonyl (C=S) groups is 1. The lowest BCUT2D eigenvalue weighted by Gasteiger charge is -2.13. The van der Waals surface area contributed by atoms with Gasteiger partial charge < -0.3 is 11.1 Å². The molecule has 0 aliphatic rings. The summed E-state index contributed by atoms with van der Waals surface area (Å²) in [6.45, 7) is 3.03. The zero-order valence-electron chi connectivity index (χ0n) is 9.75. The normalized spacial score (nSPS) is 10.1. The maximum absolute atomic E-state index is 5.70. The number of para-hydroxylation sites is 1. The molecule has 0 bridgehead atoms. The van der Waals surface area contributed by atoms with Gasteiger partial charge in [-0.3, -0.25) is 0 Å². The molecule has 0 aliphatic heterocycles. The van der Waals surface area contributed by atoms with Crippen molar-refractivity contribution in [1.29, 1.82) is 0 Å². The van der Waals surface area contributed by atoms with Crippen molar-refractivity contribution in [3.8, 4) is 0 Å². The Morgan fingerprint density at radius 2 is 2.25 bits per heavy atom. The average molecular weight is 254 g/mol. The van der Waals surface area contributed by atoms with Gasteiger partial charge in [-0.25, -0.2) is 0 Å². The summed E-state index contributed by atoms with van der Waals surface area (Å²) in [7, 11) is 0. The fourth-order valence-electron chi connectivity index (χ4n) is 1.54. The summed E-state index contributed by atoms with van der Waals surface area (Å²) in [6, 6.07) is 6.02. The number of aryl methyl sites for hydroxylation is 1. The van der Waals surface area contributed by atoms with E-state index in [2.05, 4.69) is 24.6 Å². The Balaban J connectivity index is 2.73. The van der Waals surface area contributed by atoms with Gasteiger partial charge in [0, 0.05) is 17.8 Å². The quantitative estimate of drug-likeness (QED) is 0.605. The van der Waals surface area contributed by atoms with Gasteiger partial charge in [0.1, 0.15) is 4.99 Å². The van der Waals surface area contributed by atoms with Gasteiger partial charge in [0.25, 0.3) is 0 Å².